The number of allylic oxidation sites excluding steroid dienone is 3. The zero-order valence-electron chi connectivity index (χ0n) is 16.7. The molecule has 4 rings (SSSR count). The molecule has 1 N–H and O–H groups in total. The van der Waals surface area contributed by atoms with Crippen LogP contribution in [0, 0.1) is 0 Å². The Hall–Kier alpha value is -2.89. The largest absolute Gasteiger partial charge is 0.507 e. The Morgan fingerprint density at radius 3 is 2.48 bits per heavy atom. The molecule has 0 saturated carbocycles. The predicted octanol–water partition coefficient (Wildman–Crippen LogP) is 3.70. The van der Waals surface area contributed by atoms with E-state index in [2.05, 4.69) is 16.7 Å². The molecular weight excluding hydrogens is 364 g/mol. The summed E-state index contributed by atoms with van der Waals surface area (Å²) < 4.78 is 5.92. The van der Waals surface area contributed by atoms with E-state index in [-0.39, 0.29) is 17.3 Å². The third-order valence-electron chi connectivity index (χ3n) is 5.55. The van der Waals surface area contributed by atoms with Gasteiger partial charge in [0.1, 0.15) is 11.5 Å². The van der Waals surface area contributed by atoms with Crippen molar-refractivity contribution in [1.82, 2.24) is 9.80 Å². The molecule has 2 heterocycles. The highest BCUT2D eigenvalue weighted by molar-refractivity contribution is 6.12. The summed E-state index contributed by atoms with van der Waals surface area (Å²) in [6, 6.07) is 13.1. The van der Waals surface area contributed by atoms with Crippen LogP contribution in [0.1, 0.15) is 28.4 Å². The fraction of sp³-hybridized carbons (Fsp3) is 0.292. The van der Waals surface area contributed by atoms with Gasteiger partial charge in [0, 0.05) is 32.7 Å². The molecule has 0 spiro atoms. The van der Waals surface area contributed by atoms with Crippen LogP contribution in [0.5, 0.6) is 11.5 Å². The van der Waals surface area contributed by atoms with E-state index >= 15 is 0 Å². The molecule has 29 heavy (non-hydrogen) atoms. The fourth-order valence-electron chi connectivity index (χ4n) is 3.76. The molecule has 2 aliphatic rings. The highest BCUT2D eigenvalue weighted by atomic mass is 16.5. The van der Waals surface area contributed by atoms with Gasteiger partial charge in [-0.25, -0.2) is 0 Å². The summed E-state index contributed by atoms with van der Waals surface area (Å²) in [5.74, 6) is 0.812. The molecule has 2 aromatic carbocycles. The van der Waals surface area contributed by atoms with Crippen molar-refractivity contribution in [3.63, 3.8) is 0 Å². The van der Waals surface area contributed by atoms with Gasteiger partial charge in [0.25, 0.3) is 0 Å². The molecule has 0 aliphatic carbocycles. The van der Waals surface area contributed by atoms with Crippen molar-refractivity contribution in [2.75, 3.05) is 32.7 Å². The minimum atomic E-state index is -0.144. The van der Waals surface area contributed by atoms with Crippen LogP contribution >= 0.6 is 0 Å². The van der Waals surface area contributed by atoms with Crippen molar-refractivity contribution in [3.8, 4) is 11.5 Å². The number of hydrogen-bond donors (Lipinski definition) is 1. The van der Waals surface area contributed by atoms with E-state index in [1.807, 2.05) is 42.5 Å². The lowest BCUT2D eigenvalue weighted by Crippen LogP contribution is -2.45. The Morgan fingerprint density at radius 2 is 1.76 bits per heavy atom. The first-order valence-electron chi connectivity index (χ1n) is 10.1. The van der Waals surface area contributed by atoms with E-state index in [9.17, 15) is 9.90 Å². The molecule has 0 unspecified atom stereocenters. The van der Waals surface area contributed by atoms with Crippen LogP contribution in [0.4, 0.5) is 0 Å². The number of ether oxygens (including phenoxy) is 1. The second-order valence-corrected chi connectivity index (χ2v) is 7.38. The van der Waals surface area contributed by atoms with Gasteiger partial charge in [0.2, 0.25) is 5.78 Å². The molecule has 0 aromatic heterocycles. The molecule has 150 valence electrons. The maximum Gasteiger partial charge on any atom is 0.231 e. The van der Waals surface area contributed by atoms with Gasteiger partial charge in [-0.3, -0.25) is 9.69 Å². The quantitative estimate of drug-likeness (QED) is 0.789. The smallest absolute Gasteiger partial charge is 0.231 e. The number of carbonyl (C=O) groups excluding carboxylic acids is 1. The third-order valence-corrected chi connectivity index (χ3v) is 5.55. The number of Topliss-reactive ketones (excluding diaryl/α,β-unsaturated/α-hetero) is 1. The highest BCUT2D eigenvalue weighted by Gasteiger charge is 2.31. The summed E-state index contributed by atoms with van der Waals surface area (Å²) in [6.45, 7) is 7.71. The summed E-state index contributed by atoms with van der Waals surface area (Å²) in [5, 5.41) is 10.4. The monoisotopic (exact) mass is 390 g/mol. The van der Waals surface area contributed by atoms with Gasteiger partial charge in [-0.1, -0.05) is 49.4 Å². The average Bonchev–Trinajstić information content (AvgIpc) is 3.07. The van der Waals surface area contributed by atoms with Crippen molar-refractivity contribution in [2.24, 2.45) is 0 Å². The number of phenolic OH excluding ortho intramolecular Hbond substituents is 1. The zero-order valence-corrected chi connectivity index (χ0v) is 16.7. The van der Waals surface area contributed by atoms with E-state index in [1.165, 1.54) is 0 Å². The Morgan fingerprint density at radius 1 is 1.03 bits per heavy atom. The highest BCUT2D eigenvalue weighted by Crippen LogP contribution is 2.39. The molecule has 2 aromatic rings. The SMILES string of the molecule is CCN1CCN(Cc2c(O)ccc3c2O/C(=C/C=C/c2ccccc2)C3=O)CC1. The number of likely N-dealkylation sites (N-methyl/N-ethyl adjacent to an activating group) is 1. The van der Waals surface area contributed by atoms with Crippen LogP contribution < -0.4 is 4.74 Å². The second kappa shape index (κ2) is 8.64. The molecule has 0 radical (unpaired) electrons. The minimum Gasteiger partial charge on any atom is -0.507 e. The van der Waals surface area contributed by atoms with Crippen LogP contribution in [-0.4, -0.2) is 53.4 Å². The first-order valence-corrected chi connectivity index (χ1v) is 10.1. The molecule has 2 aliphatic heterocycles. The summed E-state index contributed by atoms with van der Waals surface area (Å²) in [7, 11) is 0. The number of rotatable bonds is 5. The van der Waals surface area contributed by atoms with Gasteiger partial charge in [-0.05, 0) is 30.3 Å². The number of piperazine rings is 1. The first kappa shape index (κ1) is 19.4. The van der Waals surface area contributed by atoms with Crippen LogP contribution in [0.25, 0.3) is 6.08 Å². The molecule has 5 heteroatoms. The van der Waals surface area contributed by atoms with Crippen molar-refractivity contribution < 1.29 is 14.6 Å². The van der Waals surface area contributed by atoms with Crippen molar-refractivity contribution in [2.45, 2.75) is 13.5 Å². The molecule has 0 amide bonds. The fourth-order valence-corrected chi connectivity index (χ4v) is 3.76. The summed E-state index contributed by atoms with van der Waals surface area (Å²) in [6.07, 6.45) is 5.44. The van der Waals surface area contributed by atoms with Crippen molar-refractivity contribution >= 4 is 11.9 Å². The van der Waals surface area contributed by atoms with Gasteiger partial charge >= 0.3 is 0 Å². The van der Waals surface area contributed by atoms with E-state index < -0.39 is 0 Å². The van der Waals surface area contributed by atoms with Crippen molar-refractivity contribution in [1.29, 1.82) is 0 Å². The molecule has 0 bridgehead atoms. The summed E-state index contributed by atoms with van der Waals surface area (Å²) in [4.78, 5) is 17.5. The van der Waals surface area contributed by atoms with Gasteiger partial charge in [0.15, 0.2) is 5.76 Å². The van der Waals surface area contributed by atoms with E-state index in [0.717, 1.165) is 38.3 Å². The van der Waals surface area contributed by atoms with Gasteiger partial charge in [0.05, 0.1) is 11.1 Å². The van der Waals surface area contributed by atoms with Crippen LogP contribution in [-0.2, 0) is 6.54 Å². The average molecular weight is 390 g/mol. The van der Waals surface area contributed by atoms with Gasteiger partial charge < -0.3 is 14.7 Å². The third kappa shape index (κ3) is 4.26. The molecule has 5 nitrogen and oxygen atoms in total. The summed E-state index contributed by atoms with van der Waals surface area (Å²) in [5.41, 5.74) is 2.26. The van der Waals surface area contributed by atoms with Gasteiger partial charge in [-0.2, -0.15) is 0 Å². The maximum atomic E-state index is 12.7. The normalized spacial score (nSPS) is 19.1. The zero-order chi connectivity index (χ0) is 20.2. The number of hydrogen-bond acceptors (Lipinski definition) is 5. The number of phenols is 1. The second-order valence-electron chi connectivity index (χ2n) is 7.38. The standard InChI is InChI=1S/C24H26N2O3/c1-2-25-13-15-26(16-14-25)17-20-21(27)12-11-19-23(28)22(29-24(19)20)10-6-9-18-7-4-3-5-8-18/h3-12,27H,2,13-17H2,1H3/b9-6+,22-10+. The van der Waals surface area contributed by atoms with Crippen LogP contribution in [0.2, 0.25) is 0 Å². The van der Waals surface area contributed by atoms with E-state index in [4.69, 9.17) is 4.74 Å². The number of carbonyl (C=O) groups is 1. The van der Waals surface area contributed by atoms with Crippen molar-refractivity contribution in [3.05, 3.63) is 77.1 Å². The van der Waals surface area contributed by atoms with E-state index in [1.54, 1.807) is 18.2 Å². The Bertz CT molecular complexity index is 942. The topological polar surface area (TPSA) is 53.0 Å². The molecule has 0 atom stereocenters. The number of aromatic hydroxyl groups is 1. The van der Waals surface area contributed by atoms with Crippen LogP contribution in [0.15, 0.2) is 60.4 Å². The summed E-state index contributed by atoms with van der Waals surface area (Å²) >= 11 is 0. The Balaban J connectivity index is 1.52. The number of benzene rings is 2. The number of ketones is 1. The molecular formula is C24H26N2O3. The van der Waals surface area contributed by atoms with Gasteiger partial charge in [-0.15, -0.1) is 0 Å². The predicted molar refractivity (Wildman–Crippen MR) is 114 cm³/mol. The first-order chi connectivity index (χ1) is 14.2. The lowest BCUT2D eigenvalue weighted by Gasteiger charge is -2.34. The minimum absolute atomic E-state index is 0.144. The van der Waals surface area contributed by atoms with E-state index in [0.29, 0.717) is 23.4 Å². The Kier molecular flexibility index (Phi) is 5.79. The Labute approximate surface area is 171 Å². The van der Waals surface area contributed by atoms with Crippen LogP contribution in [0.3, 0.4) is 0 Å². The lowest BCUT2D eigenvalue weighted by molar-refractivity contribution is 0.101. The maximum absolute atomic E-state index is 12.7. The number of nitrogens with zero attached hydrogens (tertiary/aromatic N) is 2. The molecule has 1 fully saturated rings. The number of fused-ring (bicyclic) bond motifs is 1. The molecule has 1 saturated heterocycles. The lowest BCUT2D eigenvalue weighted by atomic mass is 10.0.